The van der Waals surface area contributed by atoms with Crippen molar-refractivity contribution in [3.8, 4) is 17.2 Å². The van der Waals surface area contributed by atoms with E-state index in [-0.39, 0.29) is 5.92 Å². The first-order valence-corrected chi connectivity index (χ1v) is 24.3. The summed E-state index contributed by atoms with van der Waals surface area (Å²) in [5.74, 6) is 1.54. The fraction of sp³-hybridized carbons (Fsp3) is 0.529. The lowest BCUT2D eigenvalue weighted by Crippen LogP contribution is -2.34. The molecular weight excluding hydrogens is 660 g/mol. The van der Waals surface area contributed by atoms with E-state index in [2.05, 4.69) is 78.3 Å². The summed E-state index contributed by atoms with van der Waals surface area (Å²) in [5.41, 5.74) is 4.69. The Hall–Kier alpha value is -2.63. The van der Waals surface area contributed by atoms with Crippen LogP contribution in [0.2, 0.25) is 51.4 Å². The van der Waals surface area contributed by atoms with Gasteiger partial charge in [0.15, 0.2) is 11.5 Å². The summed E-state index contributed by atoms with van der Waals surface area (Å²) in [4.78, 5) is 12.2. The smallest absolute Gasteiger partial charge is 0.165 e. The normalized spacial score (nSPS) is 17.3. The molecule has 5 rings (SSSR count). The van der Waals surface area contributed by atoms with Crippen molar-refractivity contribution in [3.05, 3.63) is 52.9 Å². The molecule has 240 valence electrons. The SMILES string of the molecule is C[Si](C)(C)CCOCN(COCC[Si](C)(C)C)c1c(Br)c(C2CCC(CC#N)C2)nc2c(-c3cnc4ccccc4c3)cnn12. The molecule has 0 bridgehead atoms. The number of pyridine rings is 1. The van der Waals surface area contributed by atoms with Crippen molar-refractivity contribution in [1.82, 2.24) is 19.6 Å². The van der Waals surface area contributed by atoms with Crippen LogP contribution in [-0.2, 0) is 9.47 Å². The summed E-state index contributed by atoms with van der Waals surface area (Å²) in [6.07, 6.45) is 7.40. The van der Waals surface area contributed by atoms with E-state index in [9.17, 15) is 5.26 Å². The van der Waals surface area contributed by atoms with E-state index >= 15 is 0 Å². The average molecular weight is 708 g/mol. The molecule has 0 spiro atoms. The zero-order valence-electron chi connectivity index (χ0n) is 27.6. The molecule has 4 aromatic rings. The highest BCUT2D eigenvalue weighted by molar-refractivity contribution is 9.10. The number of anilines is 1. The Bertz CT molecular complexity index is 1640. The van der Waals surface area contributed by atoms with Gasteiger partial charge in [-0.25, -0.2) is 4.98 Å². The minimum atomic E-state index is -1.25. The predicted molar refractivity (Wildman–Crippen MR) is 192 cm³/mol. The van der Waals surface area contributed by atoms with E-state index in [1.807, 2.05) is 35.1 Å². The van der Waals surface area contributed by atoms with Crippen molar-refractivity contribution >= 4 is 54.4 Å². The molecule has 1 aliphatic carbocycles. The van der Waals surface area contributed by atoms with Crippen molar-refractivity contribution in [1.29, 1.82) is 5.26 Å². The molecule has 3 aromatic heterocycles. The first kappa shape index (κ1) is 33.7. The lowest BCUT2D eigenvalue weighted by molar-refractivity contribution is 0.0941. The van der Waals surface area contributed by atoms with E-state index < -0.39 is 16.1 Å². The fourth-order valence-electron chi connectivity index (χ4n) is 5.84. The molecule has 11 heteroatoms. The number of benzene rings is 1. The molecule has 0 amide bonds. The summed E-state index contributed by atoms with van der Waals surface area (Å²) < 4.78 is 15.5. The Morgan fingerprint density at radius 3 is 2.36 bits per heavy atom. The maximum atomic E-state index is 9.39. The number of nitriles is 1. The summed E-state index contributed by atoms with van der Waals surface area (Å²) >= 11 is 4.01. The molecule has 45 heavy (non-hydrogen) atoms. The molecule has 2 atom stereocenters. The van der Waals surface area contributed by atoms with Gasteiger partial charge in [-0.2, -0.15) is 14.9 Å². The number of halogens is 1. The zero-order chi connectivity index (χ0) is 32.2. The Kier molecular flexibility index (Phi) is 10.8. The highest BCUT2D eigenvalue weighted by atomic mass is 79.9. The van der Waals surface area contributed by atoms with Gasteiger partial charge in [0.2, 0.25) is 0 Å². The van der Waals surface area contributed by atoms with Gasteiger partial charge in [-0.1, -0.05) is 57.5 Å². The van der Waals surface area contributed by atoms with E-state index in [1.165, 1.54) is 0 Å². The van der Waals surface area contributed by atoms with Gasteiger partial charge >= 0.3 is 0 Å². The first-order chi connectivity index (χ1) is 21.4. The third-order valence-electron chi connectivity index (χ3n) is 8.59. The second-order valence-corrected chi connectivity index (χ2v) is 26.9. The molecule has 1 fully saturated rings. The van der Waals surface area contributed by atoms with Crippen molar-refractivity contribution in [2.45, 2.75) is 83.0 Å². The molecule has 0 N–H and O–H groups in total. The minimum absolute atomic E-state index is 0.251. The molecule has 8 nitrogen and oxygen atoms in total. The molecule has 1 aromatic carbocycles. The second-order valence-electron chi connectivity index (χ2n) is 14.8. The Morgan fingerprint density at radius 2 is 1.69 bits per heavy atom. The van der Waals surface area contributed by atoms with E-state index in [4.69, 9.17) is 24.5 Å². The van der Waals surface area contributed by atoms with Gasteiger partial charge in [-0.05, 0) is 65.3 Å². The number of ether oxygens (including phenoxy) is 2. The summed E-state index contributed by atoms with van der Waals surface area (Å²) in [5, 5.41) is 15.4. The van der Waals surface area contributed by atoms with Gasteiger partial charge < -0.3 is 14.4 Å². The number of rotatable bonds is 14. The first-order valence-electron chi connectivity index (χ1n) is 16.1. The Labute approximate surface area is 278 Å². The topological polar surface area (TPSA) is 88.6 Å². The predicted octanol–water partition coefficient (Wildman–Crippen LogP) is 8.94. The second kappa shape index (κ2) is 14.4. The monoisotopic (exact) mass is 706 g/mol. The molecule has 0 saturated heterocycles. The van der Waals surface area contributed by atoms with Crippen LogP contribution in [0.3, 0.4) is 0 Å². The largest absolute Gasteiger partial charge is 0.361 e. The molecular formula is C34H47BrN6O2Si2. The lowest BCUT2D eigenvalue weighted by Gasteiger charge is -2.28. The molecule has 2 unspecified atom stereocenters. The minimum Gasteiger partial charge on any atom is -0.361 e. The lowest BCUT2D eigenvalue weighted by atomic mass is 9.99. The van der Waals surface area contributed by atoms with Crippen LogP contribution >= 0.6 is 15.9 Å². The number of fused-ring (bicyclic) bond motifs is 2. The van der Waals surface area contributed by atoms with E-state index in [0.717, 1.165) is 75.0 Å². The van der Waals surface area contributed by atoms with Gasteiger partial charge in [-0.3, -0.25) is 4.98 Å². The van der Waals surface area contributed by atoms with Gasteiger partial charge in [0, 0.05) is 64.4 Å². The number of hydrogen-bond donors (Lipinski definition) is 0. The molecule has 0 aliphatic heterocycles. The molecule has 1 saturated carbocycles. The zero-order valence-corrected chi connectivity index (χ0v) is 31.2. The van der Waals surface area contributed by atoms with Crippen molar-refractivity contribution < 1.29 is 9.47 Å². The summed E-state index contributed by atoms with van der Waals surface area (Å²) in [6.45, 7) is 16.4. The summed E-state index contributed by atoms with van der Waals surface area (Å²) in [6, 6.07) is 14.9. The van der Waals surface area contributed by atoms with Crippen LogP contribution < -0.4 is 4.90 Å². The third kappa shape index (κ3) is 8.60. The van der Waals surface area contributed by atoms with Crippen LogP contribution in [0, 0.1) is 17.2 Å². The molecule has 0 radical (unpaired) electrons. The van der Waals surface area contributed by atoms with E-state index in [1.54, 1.807) is 0 Å². The summed E-state index contributed by atoms with van der Waals surface area (Å²) in [7, 11) is -2.49. The highest BCUT2D eigenvalue weighted by Gasteiger charge is 2.32. The maximum Gasteiger partial charge on any atom is 0.165 e. The van der Waals surface area contributed by atoms with Gasteiger partial charge in [0.1, 0.15) is 13.5 Å². The highest BCUT2D eigenvalue weighted by Crippen LogP contribution is 2.44. The Balaban J connectivity index is 1.58. The van der Waals surface area contributed by atoms with Crippen molar-refractivity contribution in [2.24, 2.45) is 5.92 Å². The van der Waals surface area contributed by atoms with Gasteiger partial charge in [-0.15, -0.1) is 0 Å². The number of para-hydroxylation sites is 1. The molecule has 1 aliphatic rings. The maximum absolute atomic E-state index is 9.39. The van der Waals surface area contributed by atoms with Gasteiger partial charge in [0.05, 0.1) is 27.9 Å². The van der Waals surface area contributed by atoms with Crippen LogP contribution in [-0.4, -0.2) is 62.4 Å². The number of hydrogen-bond acceptors (Lipinski definition) is 7. The van der Waals surface area contributed by atoms with Crippen LogP contribution in [0.4, 0.5) is 5.82 Å². The van der Waals surface area contributed by atoms with Crippen molar-refractivity contribution in [2.75, 3.05) is 31.6 Å². The quantitative estimate of drug-likeness (QED) is 0.0735. The van der Waals surface area contributed by atoms with Crippen LogP contribution in [0.1, 0.15) is 37.3 Å². The fourth-order valence-corrected chi connectivity index (χ4v) is 8.19. The number of aromatic nitrogens is 4. The van der Waals surface area contributed by atoms with Gasteiger partial charge in [0.25, 0.3) is 0 Å². The third-order valence-corrected chi connectivity index (χ3v) is 12.8. The van der Waals surface area contributed by atoms with Crippen LogP contribution in [0.5, 0.6) is 0 Å². The average Bonchev–Trinajstić information content (AvgIpc) is 3.62. The van der Waals surface area contributed by atoms with E-state index in [0.29, 0.717) is 39.0 Å². The standard InChI is InChI=1S/C34H47BrN6O2Si2/c1-44(2,3)17-15-42-23-40(24-43-16-18-45(4,5)6)34-31(35)32(27-12-11-25(19-27)13-14-36)39-33-29(22-38-41(33)34)28-20-26-9-7-8-10-30(26)37-21-28/h7-10,20-22,25,27H,11-13,15-19,23-24H2,1-6H3. The van der Waals surface area contributed by atoms with Crippen molar-refractivity contribution in [3.63, 3.8) is 0 Å². The van der Waals surface area contributed by atoms with Crippen LogP contribution in [0.15, 0.2) is 47.2 Å². The van der Waals surface area contributed by atoms with Crippen LogP contribution in [0.25, 0.3) is 27.7 Å². The molecule has 3 heterocycles. The number of nitrogens with zero attached hydrogens (tertiary/aromatic N) is 6. The Morgan fingerprint density at radius 1 is 1.00 bits per heavy atom.